The maximum atomic E-state index is 12.4. The molecule has 2 aromatic rings. The van der Waals surface area contributed by atoms with Crippen molar-refractivity contribution in [3.8, 4) is 11.5 Å². The highest BCUT2D eigenvalue weighted by molar-refractivity contribution is 6.14. The SMILES string of the molecule is COc1ccc2c(c1)C(=O)/C(=C/c1ccc(N(C)C)cc1)O2. The lowest BCUT2D eigenvalue weighted by molar-refractivity contribution is 0.101. The molecule has 0 bridgehead atoms. The lowest BCUT2D eigenvalue weighted by Crippen LogP contribution is -2.08. The van der Waals surface area contributed by atoms with Crippen molar-refractivity contribution in [2.24, 2.45) is 0 Å². The molecule has 1 aliphatic heterocycles. The molecule has 0 N–H and O–H groups in total. The molecule has 0 amide bonds. The van der Waals surface area contributed by atoms with E-state index in [2.05, 4.69) is 0 Å². The first-order valence-electron chi connectivity index (χ1n) is 6.98. The highest BCUT2D eigenvalue weighted by Crippen LogP contribution is 2.34. The summed E-state index contributed by atoms with van der Waals surface area (Å²) in [5, 5.41) is 0. The minimum Gasteiger partial charge on any atom is -0.497 e. The van der Waals surface area contributed by atoms with Crippen LogP contribution in [0.5, 0.6) is 11.5 Å². The molecule has 0 fully saturated rings. The first-order chi connectivity index (χ1) is 10.6. The maximum absolute atomic E-state index is 12.4. The third-order valence-electron chi connectivity index (χ3n) is 3.58. The number of carbonyl (C=O) groups excluding carboxylic acids is 1. The third-order valence-corrected chi connectivity index (χ3v) is 3.58. The van der Waals surface area contributed by atoms with Gasteiger partial charge in [-0.15, -0.1) is 0 Å². The molecule has 0 spiro atoms. The van der Waals surface area contributed by atoms with Crippen molar-refractivity contribution < 1.29 is 14.3 Å². The van der Waals surface area contributed by atoms with Crippen LogP contribution in [0.15, 0.2) is 48.2 Å². The number of carbonyl (C=O) groups is 1. The quantitative estimate of drug-likeness (QED) is 0.814. The lowest BCUT2D eigenvalue weighted by atomic mass is 10.1. The summed E-state index contributed by atoms with van der Waals surface area (Å²) in [4.78, 5) is 14.4. The summed E-state index contributed by atoms with van der Waals surface area (Å²) in [6.07, 6.45) is 1.76. The van der Waals surface area contributed by atoms with E-state index in [9.17, 15) is 4.79 Å². The standard InChI is InChI=1S/C18H17NO3/c1-19(2)13-6-4-12(5-7-13)10-17-18(20)15-11-14(21-3)8-9-16(15)22-17/h4-11H,1-3H3/b17-10-. The predicted molar refractivity (Wildman–Crippen MR) is 86.7 cm³/mol. The number of nitrogens with zero attached hydrogens (tertiary/aromatic N) is 1. The summed E-state index contributed by atoms with van der Waals surface area (Å²) in [5.74, 6) is 1.43. The van der Waals surface area contributed by atoms with Gasteiger partial charge in [0.2, 0.25) is 5.78 Å². The van der Waals surface area contributed by atoms with Crippen LogP contribution < -0.4 is 14.4 Å². The van der Waals surface area contributed by atoms with Crippen molar-refractivity contribution in [3.05, 3.63) is 59.4 Å². The Morgan fingerprint density at radius 3 is 2.45 bits per heavy atom. The van der Waals surface area contributed by atoms with Gasteiger partial charge in [-0.1, -0.05) is 12.1 Å². The molecule has 0 saturated carbocycles. The maximum Gasteiger partial charge on any atom is 0.232 e. The normalized spacial score (nSPS) is 14.7. The van der Waals surface area contributed by atoms with E-state index >= 15 is 0 Å². The van der Waals surface area contributed by atoms with E-state index in [0.717, 1.165) is 11.3 Å². The number of Topliss-reactive ketones (excluding diaryl/α,β-unsaturated/α-hetero) is 1. The molecule has 1 aliphatic rings. The second-order valence-corrected chi connectivity index (χ2v) is 5.29. The Kier molecular flexibility index (Phi) is 3.59. The Labute approximate surface area is 129 Å². The summed E-state index contributed by atoms with van der Waals surface area (Å²) in [5.41, 5.74) is 2.57. The van der Waals surface area contributed by atoms with E-state index in [-0.39, 0.29) is 5.78 Å². The van der Waals surface area contributed by atoms with E-state index in [1.165, 1.54) is 0 Å². The van der Waals surface area contributed by atoms with E-state index in [1.54, 1.807) is 31.4 Å². The minimum atomic E-state index is -0.120. The molecule has 4 nitrogen and oxygen atoms in total. The number of hydrogen-bond donors (Lipinski definition) is 0. The van der Waals surface area contributed by atoms with Crippen molar-refractivity contribution >= 4 is 17.5 Å². The van der Waals surface area contributed by atoms with Crippen molar-refractivity contribution in [3.63, 3.8) is 0 Å². The molecule has 0 unspecified atom stereocenters. The number of allylic oxidation sites excluding steroid dienone is 1. The zero-order valence-electron chi connectivity index (χ0n) is 12.8. The molecule has 0 aliphatic carbocycles. The average Bonchev–Trinajstić information content (AvgIpc) is 2.83. The lowest BCUT2D eigenvalue weighted by Gasteiger charge is -2.11. The number of anilines is 1. The highest BCUT2D eigenvalue weighted by Gasteiger charge is 2.27. The van der Waals surface area contributed by atoms with Gasteiger partial charge in [0, 0.05) is 19.8 Å². The number of ether oxygens (including phenoxy) is 2. The van der Waals surface area contributed by atoms with Gasteiger partial charge < -0.3 is 14.4 Å². The van der Waals surface area contributed by atoms with E-state index in [1.807, 2.05) is 43.3 Å². The number of benzene rings is 2. The van der Waals surface area contributed by atoms with Crippen LogP contribution in [0.1, 0.15) is 15.9 Å². The van der Waals surface area contributed by atoms with Crippen molar-refractivity contribution in [1.82, 2.24) is 0 Å². The molecule has 112 valence electrons. The molecule has 0 saturated heterocycles. The van der Waals surface area contributed by atoms with Gasteiger partial charge in [0.25, 0.3) is 0 Å². The first-order valence-corrected chi connectivity index (χ1v) is 6.98. The van der Waals surface area contributed by atoms with Crippen LogP contribution in [0.4, 0.5) is 5.69 Å². The Hall–Kier alpha value is -2.75. The minimum absolute atomic E-state index is 0.120. The molecule has 2 aromatic carbocycles. The van der Waals surface area contributed by atoms with Gasteiger partial charge >= 0.3 is 0 Å². The van der Waals surface area contributed by atoms with E-state index in [0.29, 0.717) is 22.8 Å². The molecule has 0 aromatic heterocycles. The molecule has 0 radical (unpaired) electrons. The molecule has 1 heterocycles. The zero-order chi connectivity index (χ0) is 15.7. The van der Waals surface area contributed by atoms with Gasteiger partial charge in [-0.25, -0.2) is 0 Å². The monoisotopic (exact) mass is 295 g/mol. The summed E-state index contributed by atoms with van der Waals surface area (Å²) >= 11 is 0. The fraction of sp³-hybridized carbons (Fsp3) is 0.167. The summed E-state index contributed by atoms with van der Waals surface area (Å²) in [6, 6.07) is 13.2. The molecule has 22 heavy (non-hydrogen) atoms. The summed E-state index contributed by atoms with van der Waals surface area (Å²) < 4.78 is 10.8. The number of fused-ring (bicyclic) bond motifs is 1. The van der Waals surface area contributed by atoms with Gasteiger partial charge in [0.1, 0.15) is 11.5 Å². The number of methoxy groups -OCH3 is 1. The van der Waals surface area contributed by atoms with Crippen LogP contribution in [0.2, 0.25) is 0 Å². The molecule has 4 heteroatoms. The first kappa shape index (κ1) is 14.2. The van der Waals surface area contributed by atoms with Crippen LogP contribution in [0.3, 0.4) is 0 Å². The number of hydrogen-bond acceptors (Lipinski definition) is 4. The number of rotatable bonds is 3. The number of ketones is 1. The Morgan fingerprint density at radius 1 is 1.09 bits per heavy atom. The van der Waals surface area contributed by atoms with E-state index in [4.69, 9.17) is 9.47 Å². The van der Waals surface area contributed by atoms with Crippen molar-refractivity contribution in [2.75, 3.05) is 26.1 Å². The van der Waals surface area contributed by atoms with Crippen LogP contribution >= 0.6 is 0 Å². The Morgan fingerprint density at radius 2 is 1.82 bits per heavy atom. The molecular weight excluding hydrogens is 278 g/mol. The third kappa shape index (κ3) is 2.55. The molecule has 3 rings (SSSR count). The second kappa shape index (κ2) is 5.56. The van der Waals surface area contributed by atoms with Gasteiger partial charge in [0.05, 0.1) is 12.7 Å². The van der Waals surface area contributed by atoms with Crippen LogP contribution in [0, 0.1) is 0 Å². The van der Waals surface area contributed by atoms with Gasteiger partial charge in [0.15, 0.2) is 5.76 Å². The van der Waals surface area contributed by atoms with Crippen molar-refractivity contribution in [1.29, 1.82) is 0 Å². The van der Waals surface area contributed by atoms with Crippen molar-refractivity contribution in [2.45, 2.75) is 0 Å². The average molecular weight is 295 g/mol. The van der Waals surface area contributed by atoms with E-state index < -0.39 is 0 Å². The smallest absolute Gasteiger partial charge is 0.232 e. The topological polar surface area (TPSA) is 38.8 Å². The molecule has 0 atom stereocenters. The Bertz CT molecular complexity index is 745. The van der Waals surface area contributed by atoms with Crippen LogP contribution in [-0.4, -0.2) is 27.0 Å². The fourth-order valence-electron chi connectivity index (χ4n) is 2.32. The predicted octanol–water partition coefficient (Wildman–Crippen LogP) is 3.38. The Balaban J connectivity index is 1.89. The van der Waals surface area contributed by atoms with Crippen LogP contribution in [0.25, 0.3) is 6.08 Å². The van der Waals surface area contributed by atoms with Gasteiger partial charge in [-0.3, -0.25) is 4.79 Å². The summed E-state index contributed by atoms with van der Waals surface area (Å²) in [6.45, 7) is 0. The van der Waals surface area contributed by atoms with Crippen LogP contribution in [-0.2, 0) is 0 Å². The summed E-state index contributed by atoms with van der Waals surface area (Å²) in [7, 11) is 5.55. The largest absolute Gasteiger partial charge is 0.497 e. The van der Waals surface area contributed by atoms with Gasteiger partial charge in [-0.05, 0) is 42.0 Å². The zero-order valence-corrected chi connectivity index (χ0v) is 12.8. The van der Waals surface area contributed by atoms with Gasteiger partial charge in [-0.2, -0.15) is 0 Å². The fourth-order valence-corrected chi connectivity index (χ4v) is 2.32. The molecular formula is C18H17NO3. The highest BCUT2D eigenvalue weighted by atomic mass is 16.5. The second-order valence-electron chi connectivity index (χ2n) is 5.29.